The smallest absolute Gasteiger partial charge is 0.276 e. The minimum atomic E-state index is -0.283. The van der Waals surface area contributed by atoms with Crippen LogP contribution in [0.4, 0.5) is 0 Å². The number of hydrogen-bond acceptors (Lipinski definition) is 6. The predicted molar refractivity (Wildman–Crippen MR) is 133 cm³/mol. The number of rotatable bonds is 11. The molecule has 2 aromatic carbocycles. The molecular formula is C27H33N3O5. The first kappa shape index (κ1) is 25.8. The Morgan fingerprint density at radius 1 is 1.03 bits per heavy atom. The monoisotopic (exact) mass is 479 g/mol. The van der Waals surface area contributed by atoms with Gasteiger partial charge in [-0.25, -0.2) is 0 Å². The number of nitrogens with zero attached hydrogens (tertiary/aromatic N) is 3. The van der Waals surface area contributed by atoms with Crippen molar-refractivity contribution < 1.29 is 23.6 Å². The summed E-state index contributed by atoms with van der Waals surface area (Å²) in [6, 6.07) is 16.7. The number of carbonyl (C=O) groups is 2. The second-order valence-corrected chi connectivity index (χ2v) is 8.77. The summed E-state index contributed by atoms with van der Waals surface area (Å²) in [6.45, 7) is 5.36. The van der Waals surface area contributed by atoms with Crippen LogP contribution in [-0.2, 0) is 11.3 Å². The quantitative estimate of drug-likeness (QED) is 0.402. The second kappa shape index (κ2) is 12.1. The molecule has 3 aromatic rings. The fourth-order valence-electron chi connectivity index (χ4n) is 3.75. The van der Waals surface area contributed by atoms with Crippen molar-refractivity contribution in [3.05, 3.63) is 65.9 Å². The maximum absolute atomic E-state index is 13.3. The van der Waals surface area contributed by atoms with E-state index in [1.807, 2.05) is 44.2 Å². The number of hydrogen-bond donors (Lipinski definition) is 0. The van der Waals surface area contributed by atoms with E-state index in [-0.39, 0.29) is 29.8 Å². The van der Waals surface area contributed by atoms with Gasteiger partial charge in [0.15, 0.2) is 11.5 Å². The molecule has 0 aliphatic rings. The molecular weight excluding hydrogens is 446 g/mol. The lowest BCUT2D eigenvalue weighted by atomic mass is 10.1. The fraction of sp³-hybridized carbons (Fsp3) is 0.370. The molecule has 0 spiro atoms. The lowest BCUT2D eigenvalue weighted by molar-refractivity contribution is -0.130. The van der Waals surface area contributed by atoms with Crippen LogP contribution in [0.15, 0.2) is 59.1 Å². The van der Waals surface area contributed by atoms with Gasteiger partial charge in [-0.05, 0) is 29.7 Å². The summed E-state index contributed by atoms with van der Waals surface area (Å²) in [7, 11) is 4.91. The van der Waals surface area contributed by atoms with Gasteiger partial charge in [-0.2, -0.15) is 0 Å². The molecule has 0 N–H and O–H groups in total. The van der Waals surface area contributed by atoms with Crippen LogP contribution in [0.1, 0.15) is 36.3 Å². The molecule has 8 heteroatoms. The van der Waals surface area contributed by atoms with E-state index in [0.717, 1.165) is 5.56 Å². The Morgan fingerprint density at radius 2 is 1.77 bits per heavy atom. The number of aromatic nitrogens is 1. The Kier molecular flexibility index (Phi) is 8.89. The zero-order chi connectivity index (χ0) is 25.4. The molecule has 1 heterocycles. The molecule has 0 saturated heterocycles. The van der Waals surface area contributed by atoms with Gasteiger partial charge in [0.25, 0.3) is 5.91 Å². The summed E-state index contributed by atoms with van der Waals surface area (Å²) < 4.78 is 16.2. The Labute approximate surface area is 206 Å². The highest BCUT2D eigenvalue weighted by Gasteiger charge is 2.24. The summed E-state index contributed by atoms with van der Waals surface area (Å²) in [5, 5.41) is 4.01. The molecule has 3 rings (SSSR count). The van der Waals surface area contributed by atoms with Crippen LogP contribution in [-0.4, -0.2) is 61.1 Å². The summed E-state index contributed by atoms with van der Waals surface area (Å²) in [6.07, 6.45) is 0.218. The zero-order valence-electron chi connectivity index (χ0n) is 21.0. The molecule has 2 amide bonds. The number of carbonyl (C=O) groups excluding carboxylic acids is 2. The van der Waals surface area contributed by atoms with Crippen LogP contribution in [0.3, 0.4) is 0 Å². The molecule has 1 aromatic heterocycles. The third-order valence-corrected chi connectivity index (χ3v) is 5.56. The Balaban J connectivity index is 1.71. The van der Waals surface area contributed by atoms with E-state index in [1.54, 1.807) is 55.3 Å². The molecule has 0 aliphatic heterocycles. The minimum Gasteiger partial charge on any atom is -0.497 e. The summed E-state index contributed by atoms with van der Waals surface area (Å²) >= 11 is 0. The van der Waals surface area contributed by atoms with Crippen molar-refractivity contribution in [1.29, 1.82) is 0 Å². The Hall–Kier alpha value is -3.81. The molecule has 0 radical (unpaired) electrons. The van der Waals surface area contributed by atoms with E-state index in [2.05, 4.69) is 5.16 Å². The van der Waals surface area contributed by atoms with E-state index in [4.69, 9.17) is 14.0 Å². The van der Waals surface area contributed by atoms with Gasteiger partial charge in [0.2, 0.25) is 5.91 Å². The van der Waals surface area contributed by atoms with E-state index in [1.165, 1.54) is 0 Å². The van der Waals surface area contributed by atoms with Crippen molar-refractivity contribution in [3.63, 3.8) is 0 Å². The van der Waals surface area contributed by atoms with Gasteiger partial charge in [-0.3, -0.25) is 9.59 Å². The summed E-state index contributed by atoms with van der Waals surface area (Å²) in [5.41, 5.74) is 1.86. The van der Waals surface area contributed by atoms with E-state index >= 15 is 0 Å². The van der Waals surface area contributed by atoms with Gasteiger partial charge in [0, 0.05) is 39.2 Å². The van der Waals surface area contributed by atoms with Crippen LogP contribution in [0.2, 0.25) is 0 Å². The molecule has 35 heavy (non-hydrogen) atoms. The van der Waals surface area contributed by atoms with E-state index < -0.39 is 0 Å². The molecule has 0 unspecified atom stereocenters. The highest BCUT2D eigenvalue weighted by molar-refractivity contribution is 5.93. The van der Waals surface area contributed by atoms with Crippen LogP contribution < -0.4 is 9.47 Å². The number of amides is 2. The van der Waals surface area contributed by atoms with Crippen molar-refractivity contribution in [2.75, 3.05) is 34.4 Å². The minimum absolute atomic E-state index is 0.0302. The molecule has 0 aliphatic carbocycles. The summed E-state index contributed by atoms with van der Waals surface area (Å²) in [4.78, 5) is 29.4. The van der Waals surface area contributed by atoms with Gasteiger partial charge in [0.05, 0.1) is 19.8 Å². The highest BCUT2D eigenvalue weighted by Crippen LogP contribution is 2.34. The van der Waals surface area contributed by atoms with Gasteiger partial charge >= 0.3 is 0 Å². The van der Waals surface area contributed by atoms with E-state index in [9.17, 15) is 9.59 Å². The molecule has 0 fully saturated rings. The third kappa shape index (κ3) is 6.85. The van der Waals surface area contributed by atoms with Crippen molar-refractivity contribution in [2.24, 2.45) is 5.92 Å². The van der Waals surface area contributed by atoms with Gasteiger partial charge in [-0.15, -0.1) is 0 Å². The van der Waals surface area contributed by atoms with Crippen LogP contribution in [0.5, 0.6) is 11.5 Å². The van der Waals surface area contributed by atoms with Gasteiger partial charge in [-0.1, -0.05) is 49.3 Å². The van der Waals surface area contributed by atoms with E-state index in [0.29, 0.717) is 42.5 Å². The molecule has 8 nitrogen and oxygen atoms in total. The normalized spacial score (nSPS) is 10.8. The van der Waals surface area contributed by atoms with Crippen molar-refractivity contribution in [3.8, 4) is 22.8 Å². The lowest BCUT2D eigenvalue weighted by Gasteiger charge is -2.25. The average molecular weight is 480 g/mol. The third-order valence-electron chi connectivity index (χ3n) is 5.56. The van der Waals surface area contributed by atoms with Crippen LogP contribution >= 0.6 is 0 Å². The van der Waals surface area contributed by atoms with Crippen LogP contribution in [0, 0.1) is 5.92 Å². The molecule has 0 saturated carbocycles. The topological polar surface area (TPSA) is 85.1 Å². The van der Waals surface area contributed by atoms with Crippen molar-refractivity contribution >= 4 is 11.8 Å². The first-order chi connectivity index (χ1) is 16.8. The SMILES string of the molecule is COc1ccc(OC)c(-c2cc(C(=O)N(CCC(=O)N(C)Cc3ccccc3)CC(C)C)no2)c1. The predicted octanol–water partition coefficient (Wildman–Crippen LogP) is 4.51. The average Bonchev–Trinajstić information content (AvgIpc) is 3.36. The lowest BCUT2D eigenvalue weighted by Crippen LogP contribution is -2.38. The first-order valence-corrected chi connectivity index (χ1v) is 11.6. The maximum Gasteiger partial charge on any atom is 0.276 e. The molecule has 0 bridgehead atoms. The standard InChI is InChI=1S/C27H33N3O5/c1-19(2)17-30(14-13-26(31)29(3)18-20-9-7-6-8-10-20)27(32)23-16-25(35-28-23)22-15-21(33-4)11-12-24(22)34-5/h6-12,15-16,19H,13-14,17-18H2,1-5H3. The largest absolute Gasteiger partial charge is 0.497 e. The van der Waals surface area contributed by atoms with Gasteiger partial charge < -0.3 is 23.8 Å². The Bertz CT molecular complexity index is 1130. The zero-order valence-corrected chi connectivity index (χ0v) is 21.0. The number of ether oxygens (including phenoxy) is 2. The second-order valence-electron chi connectivity index (χ2n) is 8.77. The highest BCUT2D eigenvalue weighted by atomic mass is 16.5. The van der Waals surface area contributed by atoms with Crippen molar-refractivity contribution in [2.45, 2.75) is 26.8 Å². The molecule has 0 atom stereocenters. The first-order valence-electron chi connectivity index (χ1n) is 11.6. The number of benzene rings is 2. The maximum atomic E-state index is 13.3. The van der Waals surface area contributed by atoms with Crippen LogP contribution in [0.25, 0.3) is 11.3 Å². The van der Waals surface area contributed by atoms with Crippen molar-refractivity contribution in [1.82, 2.24) is 15.0 Å². The fourth-order valence-corrected chi connectivity index (χ4v) is 3.75. The molecule has 186 valence electrons. The Morgan fingerprint density at radius 3 is 2.43 bits per heavy atom. The summed E-state index contributed by atoms with van der Waals surface area (Å²) in [5.74, 6) is 1.51. The number of methoxy groups -OCH3 is 2. The van der Waals surface area contributed by atoms with Gasteiger partial charge in [0.1, 0.15) is 11.5 Å².